The molecule has 168 valence electrons. The molecule has 0 aliphatic rings. The van der Waals surface area contributed by atoms with Crippen LogP contribution in [0.25, 0.3) is 11.0 Å². The zero-order valence-corrected chi connectivity index (χ0v) is 21.0. The molecule has 7 nitrogen and oxygen atoms in total. The van der Waals surface area contributed by atoms with Crippen molar-refractivity contribution in [3.63, 3.8) is 0 Å². The van der Waals surface area contributed by atoms with Crippen LogP contribution >= 0.6 is 24.0 Å². The first-order valence-electron chi connectivity index (χ1n) is 10.5. The highest BCUT2D eigenvalue weighted by atomic mass is 127. The van der Waals surface area contributed by atoms with Gasteiger partial charge >= 0.3 is 0 Å². The van der Waals surface area contributed by atoms with Crippen molar-refractivity contribution < 1.29 is 4.42 Å². The van der Waals surface area contributed by atoms with Crippen LogP contribution in [0.3, 0.4) is 0 Å². The molecule has 4 aromatic rings. The SMILES string of the molecule is CCNC(=NCc1ccc(Cn2cnc3ccccc32)cc1)NCc1nc(C)c(C)o1.I. The van der Waals surface area contributed by atoms with Gasteiger partial charge in [0.2, 0.25) is 5.89 Å². The largest absolute Gasteiger partial charge is 0.444 e. The number of hydrogen-bond acceptors (Lipinski definition) is 4. The van der Waals surface area contributed by atoms with Crippen molar-refractivity contribution in [3.05, 3.63) is 83.3 Å². The molecule has 2 aromatic carbocycles. The number of aliphatic imine (C=N–C) groups is 1. The van der Waals surface area contributed by atoms with Gasteiger partial charge in [-0.15, -0.1) is 24.0 Å². The number of hydrogen-bond donors (Lipinski definition) is 2. The van der Waals surface area contributed by atoms with Crippen molar-refractivity contribution in [1.82, 2.24) is 25.2 Å². The predicted molar refractivity (Wildman–Crippen MR) is 138 cm³/mol. The van der Waals surface area contributed by atoms with Crippen molar-refractivity contribution in [3.8, 4) is 0 Å². The molecule has 0 atom stereocenters. The van der Waals surface area contributed by atoms with Crippen LogP contribution in [0.5, 0.6) is 0 Å². The molecule has 0 unspecified atom stereocenters. The first kappa shape index (κ1) is 23.8. The van der Waals surface area contributed by atoms with Gasteiger partial charge < -0.3 is 19.6 Å². The van der Waals surface area contributed by atoms with E-state index in [1.165, 1.54) is 5.56 Å². The van der Waals surface area contributed by atoms with E-state index in [1.807, 2.05) is 45.3 Å². The lowest BCUT2D eigenvalue weighted by atomic mass is 10.1. The van der Waals surface area contributed by atoms with Gasteiger partial charge in [-0.1, -0.05) is 36.4 Å². The molecule has 2 N–H and O–H groups in total. The van der Waals surface area contributed by atoms with Crippen LogP contribution in [0.4, 0.5) is 0 Å². The van der Waals surface area contributed by atoms with E-state index in [2.05, 4.69) is 60.5 Å². The highest BCUT2D eigenvalue weighted by Crippen LogP contribution is 2.15. The Hall–Kier alpha value is -2.88. The first-order valence-corrected chi connectivity index (χ1v) is 10.5. The van der Waals surface area contributed by atoms with Gasteiger partial charge in [0.05, 0.1) is 36.1 Å². The molecule has 0 radical (unpaired) electrons. The van der Waals surface area contributed by atoms with E-state index >= 15 is 0 Å². The number of fused-ring (bicyclic) bond motifs is 1. The standard InChI is InChI=1S/C24H28N6O.HI/c1-4-25-24(27-14-23-29-17(2)18(3)31-23)26-13-19-9-11-20(12-10-19)15-30-16-28-21-7-5-6-8-22(21)30;/h5-12,16H,4,13-15H2,1-3H3,(H2,25,26,27);1H. The zero-order valence-electron chi connectivity index (χ0n) is 18.6. The molecule has 2 heterocycles. The summed E-state index contributed by atoms with van der Waals surface area (Å²) in [6.45, 7) is 8.58. The molecule has 0 fully saturated rings. The number of para-hydroxylation sites is 2. The molecule has 0 saturated heterocycles. The Morgan fingerprint density at radius 1 is 1.03 bits per heavy atom. The molecule has 32 heavy (non-hydrogen) atoms. The van der Waals surface area contributed by atoms with E-state index in [4.69, 9.17) is 4.42 Å². The maximum Gasteiger partial charge on any atom is 0.214 e. The summed E-state index contributed by atoms with van der Waals surface area (Å²) in [4.78, 5) is 13.5. The van der Waals surface area contributed by atoms with Gasteiger partial charge in [-0.3, -0.25) is 0 Å². The minimum atomic E-state index is 0. The summed E-state index contributed by atoms with van der Waals surface area (Å²) in [5.41, 5.74) is 5.47. The number of imidazole rings is 1. The second-order valence-corrected chi connectivity index (χ2v) is 7.48. The smallest absolute Gasteiger partial charge is 0.214 e. The fraction of sp³-hybridized carbons (Fsp3) is 0.292. The van der Waals surface area contributed by atoms with Crippen LogP contribution < -0.4 is 10.6 Å². The van der Waals surface area contributed by atoms with Crippen molar-refractivity contribution in [2.24, 2.45) is 4.99 Å². The van der Waals surface area contributed by atoms with Crippen LogP contribution in [-0.2, 0) is 19.6 Å². The molecule has 0 bridgehead atoms. The summed E-state index contributed by atoms with van der Waals surface area (Å²) in [6.07, 6.45) is 1.90. The van der Waals surface area contributed by atoms with E-state index in [1.54, 1.807) is 0 Å². The highest BCUT2D eigenvalue weighted by Gasteiger charge is 2.07. The Morgan fingerprint density at radius 3 is 2.50 bits per heavy atom. The van der Waals surface area contributed by atoms with E-state index < -0.39 is 0 Å². The summed E-state index contributed by atoms with van der Waals surface area (Å²) >= 11 is 0. The fourth-order valence-corrected chi connectivity index (χ4v) is 3.37. The van der Waals surface area contributed by atoms with Gasteiger partial charge in [-0.05, 0) is 44.0 Å². The maximum absolute atomic E-state index is 5.63. The summed E-state index contributed by atoms with van der Waals surface area (Å²) in [7, 11) is 0. The number of aromatic nitrogens is 3. The molecule has 2 aromatic heterocycles. The number of nitrogens with one attached hydrogen (secondary N) is 2. The van der Waals surface area contributed by atoms with Crippen molar-refractivity contribution in [1.29, 1.82) is 0 Å². The molecular formula is C24H29IN6O. The molecule has 8 heteroatoms. The number of benzene rings is 2. The lowest BCUT2D eigenvalue weighted by Crippen LogP contribution is -2.36. The van der Waals surface area contributed by atoms with Gasteiger partial charge in [0.15, 0.2) is 5.96 Å². The number of aryl methyl sites for hydroxylation is 2. The number of halogens is 1. The molecular weight excluding hydrogens is 515 g/mol. The summed E-state index contributed by atoms with van der Waals surface area (Å²) in [5.74, 6) is 2.25. The number of guanidine groups is 1. The summed E-state index contributed by atoms with van der Waals surface area (Å²) in [6, 6.07) is 16.7. The molecule has 0 spiro atoms. The summed E-state index contributed by atoms with van der Waals surface area (Å²) in [5, 5.41) is 6.54. The molecule has 0 aliphatic heterocycles. The van der Waals surface area contributed by atoms with Crippen LogP contribution in [0.1, 0.15) is 35.4 Å². The topological polar surface area (TPSA) is 80.3 Å². The minimum absolute atomic E-state index is 0. The maximum atomic E-state index is 5.63. The second kappa shape index (κ2) is 11.1. The van der Waals surface area contributed by atoms with Crippen LogP contribution in [0, 0.1) is 13.8 Å². The molecule has 0 saturated carbocycles. The third-order valence-electron chi connectivity index (χ3n) is 5.15. The van der Waals surface area contributed by atoms with Crippen molar-refractivity contribution in [2.75, 3.05) is 6.54 Å². The lowest BCUT2D eigenvalue weighted by molar-refractivity contribution is 0.463. The molecule has 0 aliphatic carbocycles. The Morgan fingerprint density at radius 2 is 1.78 bits per heavy atom. The van der Waals surface area contributed by atoms with Crippen molar-refractivity contribution in [2.45, 2.75) is 40.4 Å². The second-order valence-electron chi connectivity index (χ2n) is 7.48. The Labute approximate surface area is 205 Å². The third-order valence-corrected chi connectivity index (χ3v) is 5.15. The number of oxazole rings is 1. The van der Waals surface area contributed by atoms with E-state index in [0.29, 0.717) is 19.0 Å². The lowest BCUT2D eigenvalue weighted by Gasteiger charge is -2.10. The van der Waals surface area contributed by atoms with Gasteiger partial charge in [-0.2, -0.15) is 0 Å². The first-order chi connectivity index (χ1) is 15.1. The van der Waals surface area contributed by atoms with Crippen LogP contribution in [-0.4, -0.2) is 27.0 Å². The van der Waals surface area contributed by atoms with Gasteiger partial charge in [0, 0.05) is 13.1 Å². The monoisotopic (exact) mass is 544 g/mol. The van der Waals surface area contributed by atoms with Crippen LogP contribution in [0.2, 0.25) is 0 Å². The Balaban J connectivity index is 0.00000289. The van der Waals surface area contributed by atoms with E-state index in [0.717, 1.165) is 47.1 Å². The minimum Gasteiger partial charge on any atom is -0.444 e. The van der Waals surface area contributed by atoms with Crippen LogP contribution in [0.15, 0.2) is 64.3 Å². The predicted octanol–water partition coefficient (Wildman–Crippen LogP) is 4.56. The normalized spacial score (nSPS) is 11.4. The highest BCUT2D eigenvalue weighted by molar-refractivity contribution is 14.0. The van der Waals surface area contributed by atoms with Gasteiger partial charge in [0.1, 0.15) is 5.76 Å². The Bertz CT molecular complexity index is 1160. The third kappa shape index (κ3) is 5.87. The fourth-order valence-electron chi connectivity index (χ4n) is 3.37. The van der Waals surface area contributed by atoms with Crippen molar-refractivity contribution >= 4 is 41.0 Å². The number of nitrogens with zero attached hydrogens (tertiary/aromatic N) is 4. The Kier molecular flexibility index (Phi) is 8.26. The quantitative estimate of drug-likeness (QED) is 0.203. The zero-order chi connectivity index (χ0) is 21.6. The number of rotatable bonds is 7. The molecule has 0 amide bonds. The van der Waals surface area contributed by atoms with E-state index in [9.17, 15) is 0 Å². The van der Waals surface area contributed by atoms with E-state index in [-0.39, 0.29) is 24.0 Å². The van der Waals surface area contributed by atoms with Gasteiger partial charge in [0.25, 0.3) is 0 Å². The average Bonchev–Trinajstić information content (AvgIpc) is 3.34. The summed E-state index contributed by atoms with van der Waals surface area (Å²) < 4.78 is 7.79. The van der Waals surface area contributed by atoms with Gasteiger partial charge in [-0.25, -0.2) is 15.0 Å². The molecule has 4 rings (SSSR count). The average molecular weight is 544 g/mol.